The predicted molar refractivity (Wildman–Crippen MR) is 57.6 cm³/mol. The van der Waals surface area contributed by atoms with Crippen LogP contribution in [-0.2, 0) is 0 Å². The van der Waals surface area contributed by atoms with Crippen LogP contribution in [0.5, 0.6) is 0 Å². The van der Waals surface area contributed by atoms with Crippen molar-refractivity contribution < 1.29 is 0 Å². The molecule has 0 saturated carbocycles. The van der Waals surface area contributed by atoms with Gasteiger partial charge in [0, 0.05) is 12.6 Å². The van der Waals surface area contributed by atoms with Crippen molar-refractivity contribution in [3.8, 4) is 0 Å². The highest BCUT2D eigenvalue weighted by Crippen LogP contribution is 2.19. The number of hydrogen-bond donors (Lipinski definition) is 1. The average molecular weight is 182 g/mol. The highest BCUT2D eigenvalue weighted by Gasteiger charge is 2.18. The first-order valence-corrected chi connectivity index (χ1v) is 5.35. The molecule has 1 aliphatic heterocycles. The summed E-state index contributed by atoms with van der Waals surface area (Å²) < 4.78 is 0. The van der Waals surface area contributed by atoms with Crippen LogP contribution < -0.4 is 5.73 Å². The Labute approximate surface area is 81.8 Å². The molecule has 0 aromatic rings. The van der Waals surface area contributed by atoms with Gasteiger partial charge in [-0.1, -0.05) is 12.2 Å². The fourth-order valence-electron chi connectivity index (χ4n) is 1.90. The third-order valence-corrected chi connectivity index (χ3v) is 2.85. The number of allylic oxidation sites excluding steroid dienone is 1. The van der Waals surface area contributed by atoms with E-state index in [1.54, 1.807) is 0 Å². The molecule has 0 aliphatic carbocycles. The van der Waals surface area contributed by atoms with Gasteiger partial charge >= 0.3 is 0 Å². The van der Waals surface area contributed by atoms with Gasteiger partial charge in [0.15, 0.2) is 0 Å². The van der Waals surface area contributed by atoms with Gasteiger partial charge in [0.1, 0.15) is 0 Å². The summed E-state index contributed by atoms with van der Waals surface area (Å²) in [5.74, 6) is 0.776. The Balaban J connectivity index is 2.26. The highest BCUT2D eigenvalue weighted by molar-refractivity contribution is 4.92. The number of piperidine rings is 1. The van der Waals surface area contributed by atoms with Crippen LogP contribution in [0.2, 0.25) is 0 Å². The summed E-state index contributed by atoms with van der Waals surface area (Å²) in [6.07, 6.45) is 6.98. The van der Waals surface area contributed by atoms with Crippen LogP contribution in [0.1, 0.15) is 26.7 Å². The molecule has 0 amide bonds. The van der Waals surface area contributed by atoms with Crippen LogP contribution in [0, 0.1) is 5.92 Å². The lowest BCUT2D eigenvalue weighted by molar-refractivity contribution is 0.164. The minimum absolute atomic E-state index is 0.685. The van der Waals surface area contributed by atoms with E-state index in [-0.39, 0.29) is 0 Å². The van der Waals surface area contributed by atoms with Gasteiger partial charge in [-0.15, -0.1) is 0 Å². The van der Waals surface area contributed by atoms with Gasteiger partial charge < -0.3 is 10.6 Å². The van der Waals surface area contributed by atoms with Crippen LogP contribution in [-0.4, -0.2) is 30.6 Å². The van der Waals surface area contributed by atoms with Crippen molar-refractivity contribution in [3.63, 3.8) is 0 Å². The van der Waals surface area contributed by atoms with Crippen molar-refractivity contribution in [3.05, 3.63) is 12.2 Å². The van der Waals surface area contributed by atoms with Crippen LogP contribution >= 0.6 is 0 Å². The second kappa shape index (κ2) is 5.40. The third-order valence-electron chi connectivity index (χ3n) is 2.85. The molecule has 13 heavy (non-hydrogen) atoms. The van der Waals surface area contributed by atoms with E-state index in [1.165, 1.54) is 25.9 Å². The first-order chi connectivity index (χ1) is 6.24. The summed E-state index contributed by atoms with van der Waals surface area (Å²) in [7, 11) is 0. The SMILES string of the molecule is CC(C)N1CCC(/C=C\CN)CC1. The van der Waals surface area contributed by atoms with Crippen molar-refractivity contribution in [1.29, 1.82) is 0 Å². The summed E-state index contributed by atoms with van der Waals surface area (Å²) in [6.45, 7) is 7.73. The number of hydrogen-bond acceptors (Lipinski definition) is 2. The first kappa shape index (κ1) is 10.7. The van der Waals surface area contributed by atoms with E-state index in [0.29, 0.717) is 12.6 Å². The van der Waals surface area contributed by atoms with E-state index in [1.807, 2.05) is 0 Å². The lowest BCUT2D eigenvalue weighted by Crippen LogP contribution is -2.38. The molecule has 0 atom stereocenters. The van der Waals surface area contributed by atoms with Crippen molar-refractivity contribution in [2.45, 2.75) is 32.7 Å². The van der Waals surface area contributed by atoms with Crippen molar-refractivity contribution in [2.24, 2.45) is 11.7 Å². The quantitative estimate of drug-likeness (QED) is 0.672. The van der Waals surface area contributed by atoms with Gasteiger partial charge in [-0.2, -0.15) is 0 Å². The molecule has 0 unspecified atom stereocenters. The van der Waals surface area contributed by atoms with Crippen LogP contribution in [0.3, 0.4) is 0 Å². The van der Waals surface area contributed by atoms with Gasteiger partial charge in [0.05, 0.1) is 0 Å². The zero-order chi connectivity index (χ0) is 9.68. The molecule has 1 aliphatic rings. The summed E-state index contributed by atoms with van der Waals surface area (Å²) >= 11 is 0. The molecule has 1 fully saturated rings. The summed E-state index contributed by atoms with van der Waals surface area (Å²) in [5, 5.41) is 0. The topological polar surface area (TPSA) is 29.3 Å². The minimum atomic E-state index is 0.685. The zero-order valence-electron chi connectivity index (χ0n) is 8.87. The molecule has 0 bridgehead atoms. The van der Waals surface area contributed by atoms with E-state index >= 15 is 0 Å². The van der Waals surface area contributed by atoms with Crippen LogP contribution in [0.25, 0.3) is 0 Å². The first-order valence-electron chi connectivity index (χ1n) is 5.35. The molecule has 2 nitrogen and oxygen atoms in total. The molecule has 0 aromatic carbocycles. The third kappa shape index (κ3) is 3.49. The standard InChI is InChI=1S/C11H22N2/c1-10(2)13-8-5-11(6-9-13)4-3-7-12/h3-4,10-11H,5-9,12H2,1-2H3/b4-3-. The lowest BCUT2D eigenvalue weighted by atomic mass is 9.95. The van der Waals surface area contributed by atoms with Crippen molar-refractivity contribution in [2.75, 3.05) is 19.6 Å². The van der Waals surface area contributed by atoms with E-state index in [2.05, 4.69) is 30.9 Å². The van der Waals surface area contributed by atoms with Gasteiger partial charge in [0.25, 0.3) is 0 Å². The molecule has 0 radical (unpaired) electrons. The van der Waals surface area contributed by atoms with Crippen LogP contribution in [0.4, 0.5) is 0 Å². The Morgan fingerprint density at radius 1 is 1.38 bits per heavy atom. The van der Waals surface area contributed by atoms with E-state index < -0.39 is 0 Å². The summed E-state index contributed by atoms with van der Waals surface area (Å²) in [5.41, 5.74) is 5.42. The fraction of sp³-hybridized carbons (Fsp3) is 0.818. The average Bonchev–Trinajstić information content (AvgIpc) is 2.15. The monoisotopic (exact) mass is 182 g/mol. The Morgan fingerprint density at radius 3 is 2.46 bits per heavy atom. The lowest BCUT2D eigenvalue weighted by Gasteiger charge is -2.33. The number of nitrogens with zero attached hydrogens (tertiary/aromatic N) is 1. The fourth-order valence-corrected chi connectivity index (χ4v) is 1.90. The summed E-state index contributed by atoms with van der Waals surface area (Å²) in [4.78, 5) is 2.55. The predicted octanol–water partition coefficient (Wildman–Crippen LogP) is 1.62. The summed E-state index contributed by atoms with van der Waals surface area (Å²) in [6, 6.07) is 0.708. The Hall–Kier alpha value is -0.340. The zero-order valence-corrected chi connectivity index (χ0v) is 8.87. The number of likely N-dealkylation sites (tertiary alicyclic amines) is 1. The highest BCUT2D eigenvalue weighted by atomic mass is 15.1. The maximum Gasteiger partial charge on any atom is 0.0106 e. The molecule has 1 heterocycles. The van der Waals surface area contributed by atoms with E-state index in [4.69, 9.17) is 5.73 Å². The Kier molecular flexibility index (Phi) is 4.46. The maximum absolute atomic E-state index is 5.42. The molecular weight excluding hydrogens is 160 g/mol. The molecule has 76 valence electrons. The largest absolute Gasteiger partial charge is 0.327 e. The second-order valence-electron chi connectivity index (χ2n) is 4.13. The molecule has 0 aromatic heterocycles. The number of rotatable bonds is 3. The molecular formula is C11H22N2. The maximum atomic E-state index is 5.42. The second-order valence-corrected chi connectivity index (χ2v) is 4.13. The Bertz CT molecular complexity index is 155. The molecule has 0 spiro atoms. The van der Waals surface area contributed by atoms with E-state index in [0.717, 1.165) is 5.92 Å². The van der Waals surface area contributed by atoms with Crippen molar-refractivity contribution >= 4 is 0 Å². The van der Waals surface area contributed by atoms with Crippen LogP contribution in [0.15, 0.2) is 12.2 Å². The van der Waals surface area contributed by atoms with Gasteiger partial charge in [0.2, 0.25) is 0 Å². The molecule has 1 rings (SSSR count). The number of nitrogens with two attached hydrogens (primary N) is 1. The smallest absolute Gasteiger partial charge is 0.0106 e. The molecule has 2 N–H and O–H groups in total. The normalized spacial score (nSPS) is 21.8. The molecule has 2 heteroatoms. The Morgan fingerprint density at radius 2 is 2.00 bits per heavy atom. The minimum Gasteiger partial charge on any atom is -0.327 e. The van der Waals surface area contributed by atoms with Crippen molar-refractivity contribution in [1.82, 2.24) is 4.90 Å². The van der Waals surface area contributed by atoms with Gasteiger partial charge in [-0.25, -0.2) is 0 Å². The van der Waals surface area contributed by atoms with Gasteiger partial charge in [-0.05, 0) is 45.7 Å². The van der Waals surface area contributed by atoms with E-state index in [9.17, 15) is 0 Å². The van der Waals surface area contributed by atoms with Gasteiger partial charge in [-0.3, -0.25) is 0 Å². The molecule has 1 saturated heterocycles.